The van der Waals surface area contributed by atoms with Gasteiger partial charge in [-0.15, -0.1) is 0 Å². The summed E-state index contributed by atoms with van der Waals surface area (Å²) in [4.78, 5) is 24.1. The summed E-state index contributed by atoms with van der Waals surface area (Å²) in [6.07, 6.45) is 0.548. The van der Waals surface area contributed by atoms with E-state index in [1.54, 1.807) is 18.2 Å². The van der Waals surface area contributed by atoms with Crippen molar-refractivity contribution in [1.82, 2.24) is 0 Å². The number of nitrogens with zero attached hydrogens (tertiary/aromatic N) is 2. The van der Waals surface area contributed by atoms with Crippen molar-refractivity contribution in [2.75, 3.05) is 16.2 Å². The second kappa shape index (κ2) is 8.58. The predicted molar refractivity (Wildman–Crippen MR) is 122 cm³/mol. The summed E-state index contributed by atoms with van der Waals surface area (Å²) >= 11 is 6.00. The molecule has 0 saturated carbocycles. The number of hydrogen-bond donors (Lipinski definition) is 2. The minimum Gasteiger partial charge on any atom is -0.478 e. The summed E-state index contributed by atoms with van der Waals surface area (Å²) < 4.78 is 27.6. The number of halogens is 1. The summed E-state index contributed by atoms with van der Waals surface area (Å²) in [5, 5.41) is 21.3. The van der Waals surface area contributed by atoms with Crippen molar-refractivity contribution in [1.29, 1.82) is 5.26 Å². The molecule has 0 unspecified atom stereocenters. The molecule has 1 amide bonds. The van der Waals surface area contributed by atoms with E-state index in [4.69, 9.17) is 16.9 Å². The fraction of sp³-hybridized carbons (Fsp3) is 0.0870. The first-order valence-corrected chi connectivity index (χ1v) is 11.5. The highest BCUT2D eigenvalue weighted by Gasteiger charge is 2.31. The van der Waals surface area contributed by atoms with Gasteiger partial charge in [-0.1, -0.05) is 11.6 Å². The molecule has 33 heavy (non-hydrogen) atoms. The van der Waals surface area contributed by atoms with Gasteiger partial charge in [0, 0.05) is 17.1 Å². The van der Waals surface area contributed by atoms with Gasteiger partial charge < -0.3 is 10.4 Å². The molecule has 1 heterocycles. The van der Waals surface area contributed by atoms with E-state index in [9.17, 15) is 23.1 Å². The van der Waals surface area contributed by atoms with E-state index in [-0.39, 0.29) is 33.8 Å². The average molecular weight is 482 g/mol. The molecule has 10 heteroatoms. The Morgan fingerprint density at radius 1 is 1.06 bits per heavy atom. The number of benzene rings is 3. The Morgan fingerprint density at radius 2 is 1.79 bits per heavy atom. The molecule has 0 radical (unpaired) electrons. The average Bonchev–Trinajstić information content (AvgIpc) is 3.23. The summed E-state index contributed by atoms with van der Waals surface area (Å²) in [5.74, 6) is -1.91. The Morgan fingerprint density at radius 3 is 2.45 bits per heavy atom. The third-order valence-corrected chi connectivity index (χ3v) is 7.29. The number of nitrogens with one attached hydrogen (secondary N) is 1. The van der Waals surface area contributed by atoms with Crippen LogP contribution in [0.4, 0.5) is 11.4 Å². The second-order valence-electron chi connectivity index (χ2n) is 7.26. The van der Waals surface area contributed by atoms with Gasteiger partial charge in [0.25, 0.3) is 15.9 Å². The molecule has 3 aromatic rings. The number of carbonyl (C=O) groups is 2. The zero-order valence-electron chi connectivity index (χ0n) is 16.9. The summed E-state index contributed by atoms with van der Waals surface area (Å²) in [5.41, 5.74) is 1.50. The Hall–Kier alpha value is -3.87. The van der Waals surface area contributed by atoms with E-state index >= 15 is 0 Å². The summed E-state index contributed by atoms with van der Waals surface area (Å²) in [6, 6.07) is 16.1. The standard InChI is InChI=1S/C23H16ClN3O5S/c24-17-4-8-21-16(12-17)9-10-27(21)33(31,32)18-5-2-15(3-6-18)22(28)26-20-7-1-14(13-25)11-19(20)23(29)30/h1-8,11-12H,9-10H2,(H,26,28)(H,29,30). The Labute approximate surface area is 194 Å². The second-order valence-corrected chi connectivity index (χ2v) is 9.55. The van der Waals surface area contributed by atoms with Crippen LogP contribution in [0.2, 0.25) is 5.02 Å². The normalized spacial score (nSPS) is 12.7. The maximum atomic E-state index is 13.1. The third kappa shape index (κ3) is 4.26. The Bertz CT molecular complexity index is 1430. The Kier molecular flexibility index (Phi) is 5.80. The largest absolute Gasteiger partial charge is 0.478 e. The van der Waals surface area contributed by atoms with Crippen molar-refractivity contribution in [2.45, 2.75) is 11.3 Å². The first kappa shape index (κ1) is 22.3. The van der Waals surface area contributed by atoms with Crippen LogP contribution >= 0.6 is 11.6 Å². The van der Waals surface area contributed by atoms with Crippen LogP contribution in [-0.4, -0.2) is 31.9 Å². The SMILES string of the molecule is N#Cc1ccc(NC(=O)c2ccc(S(=O)(=O)N3CCc4cc(Cl)ccc43)cc2)c(C(=O)O)c1. The number of amides is 1. The molecular formula is C23H16ClN3O5S. The number of carboxylic acid groups (broad SMARTS) is 1. The number of sulfonamides is 1. The van der Waals surface area contributed by atoms with Crippen molar-refractivity contribution >= 4 is 44.9 Å². The van der Waals surface area contributed by atoms with Gasteiger partial charge in [0.2, 0.25) is 0 Å². The zero-order chi connectivity index (χ0) is 23.8. The molecule has 1 aliphatic rings. The monoisotopic (exact) mass is 481 g/mol. The number of rotatable bonds is 5. The van der Waals surface area contributed by atoms with Gasteiger partial charge in [-0.2, -0.15) is 5.26 Å². The lowest BCUT2D eigenvalue weighted by molar-refractivity contribution is 0.0698. The maximum absolute atomic E-state index is 13.1. The van der Waals surface area contributed by atoms with E-state index < -0.39 is 21.9 Å². The molecule has 2 N–H and O–H groups in total. The number of fused-ring (bicyclic) bond motifs is 1. The number of nitriles is 1. The van der Waals surface area contributed by atoms with Crippen molar-refractivity contribution < 1.29 is 23.1 Å². The van der Waals surface area contributed by atoms with Gasteiger partial charge in [0.05, 0.1) is 33.5 Å². The third-order valence-electron chi connectivity index (χ3n) is 5.23. The highest BCUT2D eigenvalue weighted by atomic mass is 35.5. The van der Waals surface area contributed by atoms with Gasteiger partial charge >= 0.3 is 5.97 Å². The molecule has 1 aliphatic heterocycles. The van der Waals surface area contributed by atoms with Crippen LogP contribution in [-0.2, 0) is 16.4 Å². The quantitative estimate of drug-likeness (QED) is 0.568. The van der Waals surface area contributed by atoms with Crippen molar-refractivity contribution in [3.05, 3.63) is 87.9 Å². The number of hydrogen-bond acceptors (Lipinski definition) is 5. The van der Waals surface area contributed by atoms with Crippen LogP contribution in [0.5, 0.6) is 0 Å². The molecule has 4 rings (SSSR count). The van der Waals surface area contributed by atoms with Gasteiger partial charge in [-0.3, -0.25) is 9.10 Å². The minimum atomic E-state index is -3.84. The van der Waals surface area contributed by atoms with Crippen LogP contribution in [0.3, 0.4) is 0 Å². The van der Waals surface area contributed by atoms with Gasteiger partial charge in [-0.25, -0.2) is 13.2 Å². The molecule has 0 saturated heterocycles. The first-order chi connectivity index (χ1) is 15.7. The molecule has 0 fully saturated rings. The van der Waals surface area contributed by atoms with Crippen molar-refractivity contribution in [3.8, 4) is 6.07 Å². The molecule has 0 spiro atoms. The fourth-order valence-corrected chi connectivity index (χ4v) is 5.29. The lowest BCUT2D eigenvalue weighted by Crippen LogP contribution is -2.29. The van der Waals surface area contributed by atoms with Gasteiger partial charge in [0.1, 0.15) is 0 Å². The Balaban J connectivity index is 1.56. The van der Waals surface area contributed by atoms with Gasteiger partial charge in [-0.05, 0) is 72.6 Å². The molecule has 8 nitrogen and oxygen atoms in total. The predicted octanol–water partition coefficient (Wildman–Crippen LogP) is 3.91. The zero-order valence-corrected chi connectivity index (χ0v) is 18.5. The molecule has 166 valence electrons. The highest BCUT2D eigenvalue weighted by Crippen LogP contribution is 2.34. The molecule has 0 aromatic heterocycles. The smallest absolute Gasteiger partial charge is 0.337 e. The van der Waals surface area contributed by atoms with Crippen LogP contribution in [0.15, 0.2) is 65.6 Å². The van der Waals surface area contributed by atoms with E-state index in [1.165, 1.54) is 40.7 Å². The lowest BCUT2D eigenvalue weighted by atomic mass is 10.1. The topological polar surface area (TPSA) is 128 Å². The van der Waals surface area contributed by atoms with E-state index in [0.717, 1.165) is 11.6 Å². The van der Waals surface area contributed by atoms with Crippen LogP contribution in [0.25, 0.3) is 0 Å². The van der Waals surface area contributed by atoms with Gasteiger partial charge in [0.15, 0.2) is 0 Å². The van der Waals surface area contributed by atoms with Crippen molar-refractivity contribution in [3.63, 3.8) is 0 Å². The fourth-order valence-electron chi connectivity index (χ4n) is 3.59. The molecule has 0 aliphatic carbocycles. The molecular weight excluding hydrogens is 466 g/mol. The molecule has 0 bridgehead atoms. The number of anilines is 2. The van der Waals surface area contributed by atoms with E-state index in [1.807, 2.05) is 6.07 Å². The van der Waals surface area contributed by atoms with Crippen molar-refractivity contribution in [2.24, 2.45) is 0 Å². The van der Waals surface area contributed by atoms with Crippen LogP contribution < -0.4 is 9.62 Å². The first-order valence-electron chi connectivity index (χ1n) is 9.71. The summed E-state index contributed by atoms with van der Waals surface area (Å²) in [7, 11) is -3.84. The number of aromatic carboxylic acids is 1. The highest BCUT2D eigenvalue weighted by molar-refractivity contribution is 7.92. The molecule has 0 atom stereocenters. The van der Waals surface area contributed by atoms with Crippen LogP contribution in [0, 0.1) is 11.3 Å². The summed E-state index contributed by atoms with van der Waals surface area (Å²) in [6.45, 7) is 0.289. The number of carboxylic acids is 1. The van der Waals surface area contributed by atoms with E-state index in [0.29, 0.717) is 17.1 Å². The number of carbonyl (C=O) groups excluding carboxylic acids is 1. The maximum Gasteiger partial charge on any atom is 0.337 e. The van der Waals surface area contributed by atoms with E-state index in [2.05, 4.69) is 5.32 Å². The lowest BCUT2D eigenvalue weighted by Gasteiger charge is -2.19. The minimum absolute atomic E-state index is 0.0199. The molecule has 3 aromatic carbocycles. The van der Waals surface area contributed by atoms with Crippen LogP contribution in [0.1, 0.15) is 31.8 Å².